The molecule has 0 bridgehead atoms. The predicted molar refractivity (Wildman–Crippen MR) is 76.9 cm³/mol. The van der Waals surface area contributed by atoms with Gasteiger partial charge in [-0.2, -0.15) is 5.10 Å². The van der Waals surface area contributed by atoms with Gasteiger partial charge in [0.25, 0.3) is 0 Å². The summed E-state index contributed by atoms with van der Waals surface area (Å²) < 4.78 is 1.82. The first-order valence-corrected chi connectivity index (χ1v) is 6.69. The van der Waals surface area contributed by atoms with Crippen LogP contribution < -0.4 is 0 Å². The van der Waals surface area contributed by atoms with Gasteiger partial charge in [0, 0.05) is 18.3 Å². The van der Waals surface area contributed by atoms with E-state index < -0.39 is 5.97 Å². The van der Waals surface area contributed by atoms with E-state index in [0.717, 1.165) is 29.1 Å². The summed E-state index contributed by atoms with van der Waals surface area (Å²) in [4.78, 5) is 15.8. The molecule has 0 amide bonds. The highest BCUT2D eigenvalue weighted by Gasteiger charge is 2.17. The number of carboxylic acid groups (broad SMARTS) is 1. The van der Waals surface area contributed by atoms with Gasteiger partial charge in [-0.25, -0.2) is 4.79 Å². The van der Waals surface area contributed by atoms with Crippen LogP contribution in [0.2, 0.25) is 0 Å². The zero-order valence-electron chi connectivity index (χ0n) is 12.3. The van der Waals surface area contributed by atoms with Crippen molar-refractivity contribution in [1.82, 2.24) is 14.8 Å². The van der Waals surface area contributed by atoms with Crippen molar-refractivity contribution in [3.8, 4) is 11.3 Å². The van der Waals surface area contributed by atoms with Gasteiger partial charge >= 0.3 is 5.97 Å². The maximum atomic E-state index is 11.2. The summed E-state index contributed by atoms with van der Waals surface area (Å²) in [6.07, 6.45) is 1.52. The smallest absolute Gasteiger partial charge is 0.337 e. The summed E-state index contributed by atoms with van der Waals surface area (Å²) in [5, 5.41) is 13.6. The molecule has 1 N–H and O–H groups in total. The van der Waals surface area contributed by atoms with Crippen molar-refractivity contribution in [1.29, 1.82) is 0 Å². The van der Waals surface area contributed by atoms with Crippen molar-refractivity contribution in [2.24, 2.45) is 7.05 Å². The SMILES string of the molecule is CCCc1nc(-c2c(C)nn(C)c2C)ccc1C(=O)O. The number of hydrogen-bond donors (Lipinski definition) is 1. The molecular formula is C15H19N3O2. The third-order valence-corrected chi connectivity index (χ3v) is 3.46. The van der Waals surface area contributed by atoms with Crippen LogP contribution in [0.1, 0.15) is 40.8 Å². The van der Waals surface area contributed by atoms with Crippen molar-refractivity contribution in [2.75, 3.05) is 0 Å². The van der Waals surface area contributed by atoms with E-state index in [0.29, 0.717) is 12.1 Å². The third kappa shape index (κ3) is 2.43. The number of hydrogen-bond acceptors (Lipinski definition) is 3. The predicted octanol–water partition coefficient (Wildman–Crippen LogP) is 2.75. The average molecular weight is 273 g/mol. The highest BCUT2D eigenvalue weighted by Crippen LogP contribution is 2.26. The number of aryl methyl sites for hydroxylation is 3. The number of rotatable bonds is 4. The molecule has 0 radical (unpaired) electrons. The summed E-state index contributed by atoms with van der Waals surface area (Å²) in [5.74, 6) is -0.924. The van der Waals surface area contributed by atoms with Crippen LogP contribution in [-0.2, 0) is 13.5 Å². The highest BCUT2D eigenvalue weighted by molar-refractivity contribution is 5.89. The fraction of sp³-hybridized carbons (Fsp3) is 0.400. The molecule has 2 aromatic heterocycles. The number of aromatic carboxylic acids is 1. The Hall–Kier alpha value is -2.17. The fourth-order valence-electron chi connectivity index (χ4n) is 2.41. The Kier molecular flexibility index (Phi) is 3.88. The molecule has 0 unspecified atom stereocenters. The van der Waals surface area contributed by atoms with Crippen molar-refractivity contribution < 1.29 is 9.90 Å². The van der Waals surface area contributed by atoms with E-state index in [9.17, 15) is 9.90 Å². The summed E-state index contributed by atoms with van der Waals surface area (Å²) in [6, 6.07) is 3.40. The number of carbonyl (C=O) groups is 1. The lowest BCUT2D eigenvalue weighted by Gasteiger charge is -2.08. The van der Waals surface area contributed by atoms with Crippen LogP contribution in [0.5, 0.6) is 0 Å². The van der Waals surface area contributed by atoms with E-state index in [1.165, 1.54) is 0 Å². The van der Waals surface area contributed by atoms with Crippen LogP contribution in [0.3, 0.4) is 0 Å². The number of pyridine rings is 1. The van der Waals surface area contributed by atoms with Crippen LogP contribution in [-0.4, -0.2) is 25.8 Å². The molecule has 0 fully saturated rings. The van der Waals surface area contributed by atoms with Crippen LogP contribution in [0.25, 0.3) is 11.3 Å². The Balaban J connectivity index is 2.58. The molecule has 0 saturated heterocycles. The van der Waals surface area contributed by atoms with E-state index >= 15 is 0 Å². The Labute approximate surface area is 118 Å². The molecule has 106 valence electrons. The monoisotopic (exact) mass is 273 g/mol. The van der Waals surface area contributed by atoms with Gasteiger partial charge in [-0.15, -0.1) is 0 Å². The molecular weight excluding hydrogens is 254 g/mol. The van der Waals surface area contributed by atoms with Gasteiger partial charge < -0.3 is 5.11 Å². The van der Waals surface area contributed by atoms with Crippen molar-refractivity contribution in [2.45, 2.75) is 33.6 Å². The largest absolute Gasteiger partial charge is 0.478 e. The third-order valence-electron chi connectivity index (χ3n) is 3.46. The Morgan fingerprint density at radius 1 is 1.35 bits per heavy atom. The van der Waals surface area contributed by atoms with E-state index in [1.807, 2.05) is 32.5 Å². The second-order valence-corrected chi connectivity index (χ2v) is 4.92. The van der Waals surface area contributed by atoms with E-state index in [-0.39, 0.29) is 5.56 Å². The molecule has 20 heavy (non-hydrogen) atoms. The maximum Gasteiger partial charge on any atom is 0.337 e. The first-order chi connectivity index (χ1) is 9.45. The summed E-state index contributed by atoms with van der Waals surface area (Å²) in [6.45, 7) is 5.94. The minimum absolute atomic E-state index is 0.287. The van der Waals surface area contributed by atoms with Gasteiger partial charge in [-0.1, -0.05) is 13.3 Å². The quantitative estimate of drug-likeness (QED) is 0.930. The molecule has 2 aromatic rings. The second-order valence-electron chi connectivity index (χ2n) is 4.92. The highest BCUT2D eigenvalue weighted by atomic mass is 16.4. The molecule has 0 aliphatic heterocycles. The zero-order valence-corrected chi connectivity index (χ0v) is 12.3. The van der Waals surface area contributed by atoms with E-state index in [1.54, 1.807) is 12.1 Å². The van der Waals surface area contributed by atoms with Crippen LogP contribution in [0.4, 0.5) is 0 Å². The van der Waals surface area contributed by atoms with Gasteiger partial charge in [0.2, 0.25) is 0 Å². The second kappa shape index (κ2) is 5.45. The van der Waals surface area contributed by atoms with Crippen LogP contribution in [0, 0.1) is 13.8 Å². The molecule has 0 aliphatic rings. The first-order valence-electron chi connectivity index (χ1n) is 6.69. The van der Waals surface area contributed by atoms with Crippen molar-refractivity contribution in [3.63, 3.8) is 0 Å². The molecule has 0 spiro atoms. The van der Waals surface area contributed by atoms with E-state index in [2.05, 4.69) is 10.1 Å². The standard InChI is InChI=1S/C15H19N3O2/c1-5-6-12-11(15(19)20)7-8-13(16-12)14-9(2)17-18(4)10(14)3/h7-8H,5-6H2,1-4H3,(H,19,20). The lowest BCUT2D eigenvalue weighted by atomic mass is 10.0. The number of nitrogens with zero attached hydrogens (tertiary/aromatic N) is 3. The van der Waals surface area contributed by atoms with E-state index in [4.69, 9.17) is 0 Å². The molecule has 0 atom stereocenters. The average Bonchev–Trinajstić information content (AvgIpc) is 2.63. The lowest BCUT2D eigenvalue weighted by molar-refractivity contribution is 0.0695. The Morgan fingerprint density at radius 3 is 2.55 bits per heavy atom. The minimum atomic E-state index is -0.924. The van der Waals surface area contributed by atoms with Crippen molar-refractivity contribution in [3.05, 3.63) is 34.8 Å². The van der Waals surface area contributed by atoms with Crippen molar-refractivity contribution >= 4 is 5.97 Å². The molecule has 5 nitrogen and oxygen atoms in total. The molecule has 0 aromatic carbocycles. The summed E-state index contributed by atoms with van der Waals surface area (Å²) >= 11 is 0. The topological polar surface area (TPSA) is 68.0 Å². The fourth-order valence-corrected chi connectivity index (χ4v) is 2.41. The Bertz CT molecular complexity index is 659. The summed E-state index contributed by atoms with van der Waals surface area (Å²) in [5.41, 5.74) is 4.64. The molecule has 0 aliphatic carbocycles. The first kappa shape index (κ1) is 14.2. The molecule has 2 rings (SSSR count). The summed E-state index contributed by atoms with van der Waals surface area (Å²) in [7, 11) is 1.89. The van der Waals surface area contributed by atoms with Crippen LogP contribution >= 0.6 is 0 Å². The molecule has 2 heterocycles. The van der Waals surface area contributed by atoms with Gasteiger partial charge in [-0.05, 0) is 32.4 Å². The van der Waals surface area contributed by atoms with Gasteiger partial charge in [0.1, 0.15) is 0 Å². The maximum absolute atomic E-state index is 11.2. The molecule has 5 heteroatoms. The van der Waals surface area contributed by atoms with Crippen LogP contribution in [0.15, 0.2) is 12.1 Å². The normalized spacial score (nSPS) is 10.8. The lowest BCUT2D eigenvalue weighted by Crippen LogP contribution is -2.06. The van der Waals surface area contributed by atoms with Gasteiger partial charge in [0.05, 0.1) is 22.6 Å². The zero-order chi connectivity index (χ0) is 14.9. The Morgan fingerprint density at radius 2 is 2.05 bits per heavy atom. The molecule has 0 saturated carbocycles. The number of carboxylic acids is 1. The minimum Gasteiger partial charge on any atom is -0.478 e. The van der Waals surface area contributed by atoms with Gasteiger partial charge in [0.15, 0.2) is 0 Å². The van der Waals surface area contributed by atoms with Gasteiger partial charge in [-0.3, -0.25) is 9.67 Å². The number of aromatic nitrogens is 3.